The van der Waals surface area contributed by atoms with Crippen molar-refractivity contribution in [2.24, 2.45) is 11.7 Å². The molecule has 1 saturated heterocycles. The zero-order valence-electron chi connectivity index (χ0n) is 9.91. The molecule has 2 atom stereocenters. The van der Waals surface area contributed by atoms with Gasteiger partial charge in [0.25, 0.3) is 0 Å². The number of oxazole rings is 1. The van der Waals surface area contributed by atoms with Crippen molar-refractivity contribution in [1.29, 1.82) is 0 Å². The first-order valence-corrected chi connectivity index (χ1v) is 6.03. The van der Waals surface area contributed by atoms with Crippen LogP contribution in [0.2, 0.25) is 0 Å². The van der Waals surface area contributed by atoms with Gasteiger partial charge < -0.3 is 14.9 Å². The van der Waals surface area contributed by atoms with Gasteiger partial charge in [0.05, 0.1) is 6.61 Å². The molecule has 0 aromatic carbocycles. The molecule has 2 aromatic rings. The lowest BCUT2D eigenvalue weighted by molar-refractivity contribution is 0.178. The highest BCUT2D eigenvalue weighted by Crippen LogP contribution is 2.17. The largest absolute Gasteiger partial charge is 0.421 e. The van der Waals surface area contributed by atoms with Crippen LogP contribution in [0, 0.1) is 5.92 Å². The Balaban J connectivity index is 1.89. The van der Waals surface area contributed by atoms with E-state index in [1.807, 2.05) is 0 Å². The molecular formula is C12H15N3O3. The summed E-state index contributed by atoms with van der Waals surface area (Å²) in [6.07, 6.45) is 2.58. The number of nitrogens with zero attached hydrogens (tertiary/aromatic N) is 2. The van der Waals surface area contributed by atoms with Gasteiger partial charge >= 0.3 is 5.76 Å². The molecule has 6 nitrogen and oxygen atoms in total. The summed E-state index contributed by atoms with van der Waals surface area (Å²) in [5, 5.41) is 0. The number of rotatable bonds is 3. The Morgan fingerprint density at radius 1 is 1.61 bits per heavy atom. The minimum absolute atomic E-state index is 0.118. The average molecular weight is 249 g/mol. The number of nitrogens with two attached hydrogens (primary N) is 1. The molecule has 2 unspecified atom stereocenters. The summed E-state index contributed by atoms with van der Waals surface area (Å²) in [4.78, 5) is 15.9. The van der Waals surface area contributed by atoms with E-state index in [1.165, 1.54) is 4.57 Å². The molecule has 18 heavy (non-hydrogen) atoms. The summed E-state index contributed by atoms with van der Waals surface area (Å²) >= 11 is 0. The predicted molar refractivity (Wildman–Crippen MR) is 65.2 cm³/mol. The van der Waals surface area contributed by atoms with Gasteiger partial charge in [0.15, 0.2) is 11.2 Å². The zero-order valence-corrected chi connectivity index (χ0v) is 9.91. The van der Waals surface area contributed by atoms with Gasteiger partial charge in [0.2, 0.25) is 0 Å². The Morgan fingerprint density at radius 3 is 3.28 bits per heavy atom. The Hall–Kier alpha value is -1.66. The predicted octanol–water partition coefficient (Wildman–Crippen LogP) is 0.353. The van der Waals surface area contributed by atoms with Crippen LogP contribution in [0.25, 0.3) is 11.2 Å². The Labute approximate surface area is 103 Å². The van der Waals surface area contributed by atoms with Crippen LogP contribution < -0.4 is 11.5 Å². The monoisotopic (exact) mass is 249 g/mol. The SMILES string of the molecule is NC(Cn1c(=O)oc2cccnc21)C1CCOC1. The molecule has 6 heteroatoms. The van der Waals surface area contributed by atoms with Gasteiger partial charge in [-0.15, -0.1) is 0 Å². The highest BCUT2D eigenvalue weighted by Gasteiger charge is 2.24. The van der Waals surface area contributed by atoms with E-state index in [2.05, 4.69) is 4.98 Å². The van der Waals surface area contributed by atoms with Crippen molar-refractivity contribution in [1.82, 2.24) is 9.55 Å². The number of aromatic nitrogens is 2. The standard InChI is InChI=1S/C12H15N3O3/c13-9(8-3-5-17-7-8)6-15-11-10(18-12(15)16)2-1-4-14-11/h1-2,4,8-9H,3,5-7,13H2. The maximum Gasteiger partial charge on any atom is 0.421 e. The van der Waals surface area contributed by atoms with E-state index in [9.17, 15) is 4.79 Å². The number of hydrogen-bond donors (Lipinski definition) is 1. The first-order chi connectivity index (χ1) is 8.75. The van der Waals surface area contributed by atoms with Gasteiger partial charge in [0.1, 0.15) is 0 Å². The van der Waals surface area contributed by atoms with Gasteiger partial charge in [-0.2, -0.15) is 0 Å². The van der Waals surface area contributed by atoms with Crippen molar-refractivity contribution in [2.45, 2.75) is 19.0 Å². The Bertz CT molecular complexity index is 598. The fraction of sp³-hybridized carbons (Fsp3) is 0.500. The lowest BCUT2D eigenvalue weighted by Gasteiger charge is -2.17. The molecule has 0 amide bonds. The second-order valence-corrected chi connectivity index (χ2v) is 4.59. The van der Waals surface area contributed by atoms with Gasteiger partial charge in [0, 0.05) is 31.3 Å². The summed E-state index contributed by atoms with van der Waals surface area (Å²) in [6.45, 7) is 1.83. The molecule has 96 valence electrons. The first kappa shape index (κ1) is 11.4. The minimum Gasteiger partial charge on any atom is -0.406 e. The zero-order chi connectivity index (χ0) is 12.5. The van der Waals surface area contributed by atoms with Crippen molar-refractivity contribution in [3.05, 3.63) is 28.9 Å². The van der Waals surface area contributed by atoms with Gasteiger partial charge in [-0.25, -0.2) is 9.78 Å². The van der Waals surface area contributed by atoms with E-state index in [-0.39, 0.29) is 6.04 Å². The average Bonchev–Trinajstić information content (AvgIpc) is 2.98. The molecule has 3 rings (SSSR count). The third-order valence-electron chi connectivity index (χ3n) is 3.39. The second kappa shape index (κ2) is 4.55. The van der Waals surface area contributed by atoms with Crippen LogP contribution in [0.4, 0.5) is 0 Å². The normalized spacial score (nSPS) is 21.5. The van der Waals surface area contributed by atoms with Gasteiger partial charge in [-0.3, -0.25) is 4.57 Å². The summed E-state index contributed by atoms with van der Waals surface area (Å²) < 4.78 is 11.9. The highest BCUT2D eigenvalue weighted by molar-refractivity contribution is 5.67. The summed E-state index contributed by atoms with van der Waals surface area (Å²) in [7, 11) is 0. The van der Waals surface area contributed by atoms with Crippen molar-refractivity contribution in [3.63, 3.8) is 0 Å². The molecule has 1 fully saturated rings. The molecule has 1 aliphatic rings. The number of fused-ring (bicyclic) bond motifs is 1. The third kappa shape index (κ3) is 1.93. The van der Waals surface area contributed by atoms with Gasteiger partial charge in [-0.05, 0) is 18.6 Å². The quantitative estimate of drug-likeness (QED) is 0.848. The molecule has 0 aliphatic carbocycles. The maximum atomic E-state index is 11.8. The number of hydrogen-bond acceptors (Lipinski definition) is 5. The Morgan fingerprint density at radius 2 is 2.50 bits per heavy atom. The van der Waals surface area contributed by atoms with E-state index in [1.54, 1.807) is 18.3 Å². The molecule has 1 aliphatic heterocycles. The van der Waals surface area contributed by atoms with Crippen molar-refractivity contribution < 1.29 is 9.15 Å². The van der Waals surface area contributed by atoms with E-state index < -0.39 is 5.76 Å². The third-order valence-corrected chi connectivity index (χ3v) is 3.39. The molecule has 0 bridgehead atoms. The topological polar surface area (TPSA) is 83.3 Å². The molecule has 2 aromatic heterocycles. The second-order valence-electron chi connectivity index (χ2n) is 4.59. The molecular weight excluding hydrogens is 234 g/mol. The van der Waals surface area contributed by atoms with Crippen LogP contribution in [-0.2, 0) is 11.3 Å². The fourth-order valence-electron chi connectivity index (χ4n) is 2.31. The molecule has 0 spiro atoms. The van der Waals surface area contributed by atoms with Crippen molar-refractivity contribution in [3.8, 4) is 0 Å². The van der Waals surface area contributed by atoms with Crippen LogP contribution in [0.1, 0.15) is 6.42 Å². The first-order valence-electron chi connectivity index (χ1n) is 6.03. The van der Waals surface area contributed by atoms with Gasteiger partial charge in [-0.1, -0.05) is 0 Å². The molecule has 0 saturated carbocycles. The van der Waals surface area contributed by atoms with Crippen LogP contribution in [0.5, 0.6) is 0 Å². The van der Waals surface area contributed by atoms with E-state index in [0.717, 1.165) is 13.0 Å². The summed E-state index contributed by atoms with van der Waals surface area (Å²) in [5.41, 5.74) is 7.17. The Kier molecular flexibility index (Phi) is 2.89. The van der Waals surface area contributed by atoms with Crippen LogP contribution in [-0.4, -0.2) is 28.8 Å². The summed E-state index contributed by atoms with van der Waals surface area (Å²) in [5.74, 6) is -0.108. The van der Waals surface area contributed by atoms with Crippen molar-refractivity contribution >= 4 is 11.2 Å². The highest BCUT2D eigenvalue weighted by atomic mass is 16.5. The maximum absolute atomic E-state index is 11.8. The van der Waals surface area contributed by atoms with E-state index in [4.69, 9.17) is 14.9 Å². The van der Waals surface area contributed by atoms with Crippen LogP contribution >= 0.6 is 0 Å². The smallest absolute Gasteiger partial charge is 0.406 e. The lowest BCUT2D eigenvalue weighted by Crippen LogP contribution is -2.37. The van der Waals surface area contributed by atoms with E-state index >= 15 is 0 Å². The number of ether oxygens (including phenoxy) is 1. The lowest BCUT2D eigenvalue weighted by atomic mass is 10.00. The molecule has 3 heterocycles. The van der Waals surface area contributed by atoms with Crippen molar-refractivity contribution in [2.75, 3.05) is 13.2 Å². The van der Waals surface area contributed by atoms with Crippen LogP contribution in [0.3, 0.4) is 0 Å². The fourth-order valence-corrected chi connectivity index (χ4v) is 2.31. The van der Waals surface area contributed by atoms with E-state index in [0.29, 0.717) is 30.3 Å². The molecule has 2 N–H and O–H groups in total. The summed E-state index contributed by atoms with van der Waals surface area (Å²) in [6, 6.07) is 3.35. The number of pyridine rings is 1. The van der Waals surface area contributed by atoms with Crippen LogP contribution in [0.15, 0.2) is 27.5 Å². The minimum atomic E-state index is -0.405. The molecule has 0 radical (unpaired) electrons.